The van der Waals surface area contributed by atoms with Gasteiger partial charge in [0.15, 0.2) is 0 Å². The van der Waals surface area contributed by atoms with Gasteiger partial charge >= 0.3 is 7.12 Å². The van der Waals surface area contributed by atoms with Crippen LogP contribution in [0.25, 0.3) is 0 Å². The Labute approximate surface area is 111 Å². The van der Waals surface area contributed by atoms with Gasteiger partial charge in [0.1, 0.15) is 0 Å². The summed E-state index contributed by atoms with van der Waals surface area (Å²) in [6.07, 6.45) is 0. The van der Waals surface area contributed by atoms with Gasteiger partial charge in [-0.1, -0.05) is 38.1 Å². The van der Waals surface area contributed by atoms with E-state index in [9.17, 15) is 0 Å². The lowest BCUT2D eigenvalue weighted by molar-refractivity contribution is 0.00578. The van der Waals surface area contributed by atoms with Crippen LogP contribution < -0.4 is 5.46 Å². The summed E-state index contributed by atoms with van der Waals surface area (Å²) in [4.78, 5) is 0. The van der Waals surface area contributed by atoms with Gasteiger partial charge in [0, 0.05) is 0 Å². The average molecular weight is 246 g/mol. The maximum Gasteiger partial charge on any atom is 0.494 e. The van der Waals surface area contributed by atoms with E-state index in [2.05, 4.69) is 65.8 Å². The van der Waals surface area contributed by atoms with Gasteiger partial charge in [0.05, 0.1) is 11.2 Å². The Morgan fingerprint density at radius 3 is 1.72 bits per heavy atom. The molecule has 98 valence electrons. The fourth-order valence-electron chi connectivity index (χ4n) is 2.02. The second-order valence-electron chi connectivity index (χ2n) is 6.41. The zero-order chi connectivity index (χ0) is 13.6. The third kappa shape index (κ3) is 2.34. The zero-order valence-corrected chi connectivity index (χ0v) is 12.3. The maximum atomic E-state index is 6.03. The molecule has 0 radical (unpaired) electrons. The van der Waals surface area contributed by atoms with Crippen molar-refractivity contribution in [2.45, 2.75) is 58.7 Å². The summed E-state index contributed by atoms with van der Waals surface area (Å²) in [5, 5.41) is 0. The van der Waals surface area contributed by atoms with Gasteiger partial charge in [-0.05, 0) is 44.6 Å². The quantitative estimate of drug-likeness (QED) is 0.746. The highest BCUT2D eigenvalue weighted by Gasteiger charge is 2.51. The summed E-state index contributed by atoms with van der Waals surface area (Å²) in [6.45, 7) is 12.7. The molecule has 1 fully saturated rings. The van der Waals surface area contributed by atoms with E-state index in [-0.39, 0.29) is 18.3 Å². The van der Waals surface area contributed by atoms with Gasteiger partial charge in [-0.2, -0.15) is 0 Å². The summed E-state index contributed by atoms with van der Waals surface area (Å²) in [7, 11) is -0.254. The number of hydrogen-bond acceptors (Lipinski definition) is 2. The number of rotatable bonds is 2. The SMILES string of the molecule is CC(C)c1ccc(B2OC(C)(C)C(C)(C)O2)cc1. The zero-order valence-electron chi connectivity index (χ0n) is 12.3. The van der Waals surface area contributed by atoms with Crippen LogP contribution in [-0.4, -0.2) is 18.3 Å². The van der Waals surface area contributed by atoms with Gasteiger partial charge < -0.3 is 9.31 Å². The van der Waals surface area contributed by atoms with E-state index < -0.39 is 0 Å². The van der Waals surface area contributed by atoms with Gasteiger partial charge in [-0.25, -0.2) is 0 Å². The predicted octanol–water partition coefficient (Wildman–Crippen LogP) is 3.11. The smallest absolute Gasteiger partial charge is 0.399 e. The molecule has 0 unspecified atom stereocenters. The fourth-order valence-corrected chi connectivity index (χ4v) is 2.02. The van der Waals surface area contributed by atoms with Crippen LogP contribution in [0.4, 0.5) is 0 Å². The summed E-state index contributed by atoms with van der Waals surface area (Å²) in [5.41, 5.74) is 1.90. The summed E-state index contributed by atoms with van der Waals surface area (Å²) in [6, 6.07) is 8.53. The lowest BCUT2D eigenvalue weighted by Gasteiger charge is -2.32. The van der Waals surface area contributed by atoms with E-state index in [0.29, 0.717) is 5.92 Å². The van der Waals surface area contributed by atoms with Gasteiger partial charge in [-0.3, -0.25) is 0 Å². The van der Waals surface area contributed by atoms with Crippen molar-refractivity contribution in [3.8, 4) is 0 Å². The van der Waals surface area contributed by atoms with Crippen molar-refractivity contribution in [1.82, 2.24) is 0 Å². The van der Waals surface area contributed by atoms with Crippen LogP contribution in [0.15, 0.2) is 24.3 Å². The van der Waals surface area contributed by atoms with E-state index >= 15 is 0 Å². The molecule has 0 aromatic heterocycles. The van der Waals surface area contributed by atoms with Crippen molar-refractivity contribution >= 4 is 12.6 Å². The largest absolute Gasteiger partial charge is 0.494 e. The minimum absolute atomic E-state index is 0.254. The van der Waals surface area contributed by atoms with Crippen LogP contribution in [-0.2, 0) is 9.31 Å². The summed E-state index contributed by atoms with van der Waals surface area (Å²) in [5.74, 6) is 0.553. The second-order valence-corrected chi connectivity index (χ2v) is 6.41. The molecule has 1 aromatic carbocycles. The molecule has 0 spiro atoms. The molecule has 0 bridgehead atoms. The molecule has 2 nitrogen and oxygen atoms in total. The van der Waals surface area contributed by atoms with Crippen LogP contribution in [0.5, 0.6) is 0 Å². The first-order valence-corrected chi connectivity index (χ1v) is 6.68. The molecule has 0 atom stereocenters. The van der Waals surface area contributed by atoms with Crippen LogP contribution in [0, 0.1) is 0 Å². The molecule has 1 heterocycles. The molecule has 0 N–H and O–H groups in total. The Balaban J connectivity index is 2.19. The Morgan fingerprint density at radius 2 is 1.33 bits per heavy atom. The van der Waals surface area contributed by atoms with E-state index in [4.69, 9.17) is 9.31 Å². The Bertz CT molecular complexity index is 405. The van der Waals surface area contributed by atoms with Gasteiger partial charge in [0.2, 0.25) is 0 Å². The molecule has 0 saturated carbocycles. The normalized spacial score (nSPS) is 21.6. The Hall–Kier alpha value is -0.795. The summed E-state index contributed by atoms with van der Waals surface area (Å²) < 4.78 is 12.1. The van der Waals surface area contributed by atoms with E-state index in [1.807, 2.05) is 0 Å². The minimum Gasteiger partial charge on any atom is -0.399 e. The molecule has 1 aliphatic rings. The molecule has 3 heteroatoms. The molecule has 1 aromatic rings. The Morgan fingerprint density at radius 1 is 0.889 bits per heavy atom. The molecule has 1 saturated heterocycles. The van der Waals surface area contributed by atoms with Crippen molar-refractivity contribution in [3.63, 3.8) is 0 Å². The minimum atomic E-state index is -0.269. The topological polar surface area (TPSA) is 18.5 Å². The van der Waals surface area contributed by atoms with Gasteiger partial charge in [0.25, 0.3) is 0 Å². The number of benzene rings is 1. The standard InChI is InChI=1S/C15H23BO2/c1-11(2)12-7-9-13(10-8-12)16-17-14(3,4)15(5,6)18-16/h7-11H,1-6H3. The molecular formula is C15H23BO2. The van der Waals surface area contributed by atoms with Crippen LogP contribution in [0.2, 0.25) is 0 Å². The van der Waals surface area contributed by atoms with E-state index in [1.54, 1.807) is 0 Å². The lowest BCUT2D eigenvalue weighted by Crippen LogP contribution is -2.41. The molecule has 18 heavy (non-hydrogen) atoms. The molecule has 1 aliphatic heterocycles. The summed E-state index contributed by atoms with van der Waals surface area (Å²) >= 11 is 0. The molecular weight excluding hydrogens is 223 g/mol. The van der Waals surface area contributed by atoms with Crippen LogP contribution >= 0.6 is 0 Å². The lowest BCUT2D eigenvalue weighted by atomic mass is 9.78. The van der Waals surface area contributed by atoms with Crippen molar-refractivity contribution in [2.75, 3.05) is 0 Å². The first-order valence-electron chi connectivity index (χ1n) is 6.68. The van der Waals surface area contributed by atoms with E-state index in [0.717, 1.165) is 5.46 Å². The third-order valence-corrected chi connectivity index (χ3v) is 4.13. The van der Waals surface area contributed by atoms with E-state index in [1.165, 1.54) is 5.56 Å². The monoisotopic (exact) mass is 246 g/mol. The fraction of sp³-hybridized carbons (Fsp3) is 0.600. The molecule has 2 rings (SSSR count). The maximum absolute atomic E-state index is 6.03. The Kier molecular flexibility index (Phi) is 3.33. The highest BCUT2D eigenvalue weighted by molar-refractivity contribution is 6.62. The van der Waals surface area contributed by atoms with Gasteiger partial charge in [-0.15, -0.1) is 0 Å². The first-order chi connectivity index (χ1) is 8.23. The molecule has 0 amide bonds. The second kappa shape index (κ2) is 4.39. The van der Waals surface area contributed by atoms with Crippen molar-refractivity contribution in [2.24, 2.45) is 0 Å². The van der Waals surface area contributed by atoms with Crippen LogP contribution in [0.3, 0.4) is 0 Å². The van der Waals surface area contributed by atoms with Crippen LogP contribution in [0.1, 0.15) is 53.0 Å². The first kappa shape index (κ1) is 13.6. The average Bonchev–Trinajstić information content (AvgIpc) is 2.48. The van der Waals surface area contributed by atoms with Crippen molar-refractivity contribution in [1.29, 1.82) is 0 Å². The highest BCUT2D eigenvalue weighted by Crippen LogP contribution is 2.36. The molecule has 0 aliphatic carbocycles. The number of hydrogen-bond donors (Lipinski definition) is 0. The third-order valence-electron chi connectivity index (χ3n) is 4.13. The van der Waals surface area contributed by atoms with Crippen molar-refractivity contribution < 1.29 is 9.31 Å². The predicted molar refractivity (Wildman–Crippen MR) is 76.2 cm³/mol. The highest BCUT2D eigenvalue weighted by atomic mass is 16.7. The van der Waals surface area contributed by atoms with Crippen molar-refractivity contribution in [3.05, 3.63) is 29.8 Å².